The molecule has 0 aromatic heterocycles. The molecule has 1 aromatic rings. The third-order valence-electron chi connectivity index (χ3n) is 4.93. The highest BCUT2D eigenvalue weighted by molar-refractivity contribution is 8.09. The molecule has 1 aliphatic carbocycles. The molecule has 0 saturated heterocycles. The lowest BCUT2D eigenvalue weighted by atomic mass is 9.91. The molecule has 2 aliphatic rings. The number of fused-ring (bicyclic) bond motifs is 1. The maximum Gasteiger partial charge on any atom is 0.199 e. The number of carbonyl (C=O) groups is 2. The van der Waals surface area contributed by atoms with Crippen LogP contribution in [0.2, 0.25) is 5.02 Å². The van der Waals surface area contributed by atoms with Gasteiger partial charge in [0.1, 0.15) is 0 Å². The maximum atomic E-state index is 12.9. The van der Waals surface area contributed by atoms with E-state index in [1.165, 1.54) is 12.1 Å². The van der Waals surface area contributed by atoms with Gasteiger partial charge >= 0.3 is 0 Å². The summed E-state index contributed by atoms with van der Waals surface area (Å²) in [6, 6.07) is 2.40. The lowest BCUT2D eigenvalue weighted by Gasteiger charge is -2.15. The Kier molecular flexibility index (Phi) is 5.80. The summed E-state index contributed by atoms with van der Waals surface area (Å²) in [4.78, 5) is 24.8. The monoisotopic (exact) mass is 464 g/mol. The van der Waals surface area contributed by atoms with E-state index < -0.39 is 30.0 Å². The van der Waals surface area contributed by atoms with Crippen molar-refractivity contribution in [2.75, 3.05) is 5.75 Å². The number of hydrogen-bond donors (Lipinski definition) is 0. The van der Waals surface area contributed by atoms with E-state index in [1.54, 1.807) is 6.92 Å². The molecule has 152 valence electrons. The second-order valence-electron chi connectivity index (χ2n) is 6.84. The van der Waals surface area contributed by atoms with E-state index >= 15 is 0 Å². The van der Waals surface area contributed by atoms with Gasteiger partial charge in [-0.2, -0.15) is 0 Å². The van der Waals surface area contributed by atoms with Crippen molar-refractivity contribution >= 4 is 54.4 Å². The molecule has 1 unspecified atom stereocenters. The fourth-order valence-corrected chi connectivity index (χ4v) is 9.14. The number of ketones is 2. The van der Waals surface area contributed by atoms with Crippen molar-refractivity contribution in [2.24, 2.45) is 0 Å². The number of hydrogen-bond acceptors (Lipinski definition) is 6. The zero-order valence-corrected chi connectivity index (χ0v) is 18.1. The molecule has 3 rings (SSSR count). The third kappa shape index (κ3) is 3.44. The van der Waals surface area contributed by atoms with E-state index in [9.17, 15) is 26.4 Å². The van der Waals surface area contributed by atoms with Crippen LogP contribution in [0.1, 0.15) is 48.5 Å². The molecule has 0 N–H and O–H groups in total. The van der Waals surface area contributed by atoms with Gasteiger partial charge in [0.05, 0.1) is 21.2 Å². The van der Waals surface area contributed by atoms with Crippen LogP contribution in [0.5, 0.6) is 0 Å². The fraction of sp³-hybridized carbons (Fsp3) is 0.444. The van der Waals surface area contributed by atoms with Gasteiger partial charge in [-0.25, -0.2) is 16.8 Å². The van der Waals surface area contributed by atoms with E-state index in [1.807, 2.05) is 0 Å². The largest absolute Gasteiger partial charge is 0.294 e. The quantitative estimate of drug-likeness (QED) is 0.489. The molecule has 1 heterocycles. The predicted molar refractivity (Wildman–Crippen MR) is 106 cm³/mol. The standard InChI is InChI=1S/C18H18Cl2O6S2/c1-2-8-27(23,24)15-9-11-14(28(15,25)26)7-6-10(17(11)20)18(22)16-12(19)4-3-5-13(16)21/h6-7,15H,2-5,8-9H2,1H3. The molecule has 0 bridgehead atoms. The Morgan fingerprint density at radius 2 is 1.89 bits per heavy atom. The normalized spacial score (nSPS) is 21.7. The highest BCUT2D eigenvalue weighted by atomic mass is 35.5. The van der Waals surface area contributed by atoms with Crippen LogP contribution in [-0.2, 0) is 30.9 Å². The minimum absolute atomic E-state index is 0.0486. The molecule has 0 fully saturated rings. The van der Waals surface area contributed by atoms with Crippen LogP contribution in [0, 0.1) is 0 Å². The van der Waals surface area contributed by atoms with Crippen LogP contribution in [0.15, 0.2) is 27.6 Å². The summed E-state index contributed by atoms with van der Waals surface area (Å²) < 4.78 is 48.7. The van der Waals surface area contributed by atoms with Crippen molar-refractivity contribution in [3.63, 3.8) is 0 Å². The topological polar surface area (TPSA) is 102 Å². The molecule has 6 nitrogen and oxygen atoms in total. The number of sulfone groups is 2. The van der Waals surface area contributed by atoms with E-state index in [4.69, 9.17) is 23.2 Å². The summed E-state index contributed by atoms with van der Waals surface area (Å²) in [5.41, 5.74) is -0.0875. The van der Waals surface area contributed by atoms with Gasteiger partial charge in [-0.1, -0.05) is 30.1 Å². The molecule has 1 atom stereocenters. The Morgan fingerprint density at radius 3 is 2.50 bits per heavy atom. The van der Waals surface area contributed by atoms with Gasteiger partial charge in [0.25, 0.3) is 0 Å². The van der Waals surface area contributed by atoms with Crippen molar-refractivity contribution in [1.29, 1.82) is 0 Å². The Labute approximate surface area is 173 Å². The summed E-state index contributed by atoms with van der Waals surface area (Å²) >= 11 is 12.4. The van der Waals surface area contributed by atoms with Crippen LogP contribution in [0.25, 0.3) is 0 Å². The smallest absolute Gasteiger partial charge is 0.199 e. The Balaban J connectivity index is 2.10. The van der Waals surface area contributed by atoms with Crippen molar-refractivity contribution in [3.05, 3.63) is 38.9 Å². The first-order valence-electron chi connectivity index (χ1n) is 8.75. The van der Waals surface area contributed by atoms with E-state index in [2.05, 4.69) is 0 Å². The second-order valence-corrected chi connectivity index (χ2v) is 12.4. The van der Waals surface area contributed by atoms with Gasteiger partial charge in [-0.3, -0.25) is 9.59 Å². The van der Waals surface area contributed by atoms with Gasteiger partial charge in [0.2, 0.25) is 0 Å². The fourth-order valence-electron chi connectivity index (χ4n) is 3.58. The van der Waals surface area contributed by atoms with Gasteiger partial charge in [0.15, 0.2) is 35.8 Å². The van der Waals surface area contributed by atoms with Gasteiger partial charge in [-0.05, 0) is 37.0 Å². The molecular formula is C18H18Cl2O6S2. The number of halogens is 2. The summed E-state index contributed by atoms with van der Waals surface area (Å²) in [5, 5.41) is 0.0180. The highest BCUT2D eigenvalue weighted by Crippen LogP contribution is 2.41. The average Bonchev–Trinajstić information content (AvgIpc) is 2.87. The van der Waals surface area contributed by atoms with Crippen molar-refractivity contribution in [2.45, 2.75) is 48.5 Å². The summed E-state index contributed by atoms with van der Waals surface area (Å²) in [7, 11) is -8.02. The Morgan fingerprint density at radius 1 is 1.21 bits per heavy atom. The highest BCUT2D eigenvalue weighted by Gasteiger charge is 2.46. The average molecular weight is 465 g/mol. The van der Waals surface area contributed by atoms with E-state index in [-0.39, 0.29) is 62.4 Å². The minimum atomic E-state index is -4.13. The summed E-state index contributed by atoms with van der Waals surface area (Å²) in [5.74, 6) is -1.31. The first-order valence-corrected chi connectivity index (χ1v) is 12.8. The zero-order valence-electron chi connectivity index (χ0n) is 15.0. The molecular weight excluding hydrogens is 447 g/mol. The van der Waals surface area contributed by atoms with Crippen LogP contribution >= 0.6 is 23.2 Å². The number of carbonyl (C=O) groups excluding carboxylic acids is 2. The molecule has 0 saturated carbocycles. The summed E-state index contributed by atoms with van der Waals surface area (Å²) in [6.45, 7) is 1.65. The Hall–Kier alpha value is -1.22. The van der Waals surface area contributed by atoms with Crippen molar-refractivity contribution in [1.82, 2.24) is 0 Å². The number of Topliss-reactive ketones (excluding diaryl/α,β-unsaturated/α-hetero) is 2. The zero-order chi connectivity index (χ0) is 20.9. The second kappa shape index (κ2) is 7.55. The van der Waals surface area contributed by atoms with Crippen LogP contribution < -0.4 is 0 Å². The van der Waals surface area contributed by atoms with Crippen LogP contribution in [0.3, 0.4) is 0 Å². The number of allylic oxidation sites excluding steroid dienone is 2. The SMILES string of the molecule is CCCS(=O)(=O)C1Cc2c(ccc(C(=O)C3=C(Cl)CCCC3=O)c2Cl)S1(=O)=O. The number of rotatable bonds is 5. The number of benzene rings is 1. The molecule has 10 heteroatoms. The lowest BCUT2D eigenvalue weighted by Crippen LogP contribution is -2.29. The van der Waals surface area contributed by atoms with Crippen molar-refractivity contribution < 1.29 is 26.4 Å². The van der Waals surface area contributed by atoms with Gasteiger partial charge in [-0.15, -0.1) is 0 Å². The molecule has 0 amide bonds. The van der Waals surface area contributed by atoms with Crippen LogP contribution in [-0.4, -0.2) is 38.7 Å². The molecule has 28 heavy (non-hydrogen) atoms. The molecule has 0 spiro atoms. The maximum absolute atomic E-state index is 12.9. The summed E-state index contributed by atoms with van der Waals surface area (Å²) in [6.07, 6.45) is 1.13. The lowest BCUT2D eigenvalue weighted by molar-refractivity contribution is -0.115. The van der Waals surface area contributed by atoms with E-state index in [0.717, 1.165) is 0 Å². The molecule has 1 aromatic carbocycles. The van der Waals surface area contributed by atoms with Crippen molar-refractivity contribution in [3.8, 4) is 0 Å². The molecule has 0 radical (unpaired) electrons. The minimum Gasteiger partial charge on any atom is -0.294 e. The van der Waals surface area contributed by atoms with Gasteiger partial charge in [0, 0.05) is 23.4 Å². The van der Waals surface area contributed by atoms with E-state index in [0.29, 0.717) is 12.8 Å². The first-order chi connectivity index (χ1) is 13.0. The Bertz CT molecular complexity index is 1120. The predicted octanol–water partition coefficient (Wildman–Crippen LogP) is 3.25. The third-order valence-corrected chi connectivity index (χ3v) is 11.2. The van der Waals surface area contributed by atoms with Gasteiger partial charge < -0.3 is 0 Å². The first kappa shape index (κ1) is 21.5. The van der Waals surface area contributed by atoms with Crippen LogP contribution in [0.4, 0.5) is 0 Å². The molecule has 1 aliphatic heterocycles.